The second kappa shape index (κ2) is 30.9. The van der Waals surface area contributed by atoms with Gasteiger partial charge in [0, 0.05) is 0 Å². The molecule has 0 aliphatic carbocycles. The molecule has 90 heavy (non-hydrogen) atoms. The largest absolute Gasteiger partial charge is 0.394 e. The van der Waals surface area contributed by atoms with Crippen molar-refractivity contribution >= 4 is 0 Å². The molecule has 30 saturated heterocycles. The minimum atomic E-state index is -2.24. The Morgan fingerprint density at radius 2 is 0.311 bits per heavy atom. The van der Waals surface area contributed by atoms with Crippen molar-refractivity contribution < 1.29 is 193 Å². The lowest BCUT2D eigenvalue weighted by Gasteiger charge is -2.51. The maximum absolute atomic E-state index is 11.7. The highest BCUT2D eigenvalue weighted by atomic mass is 16.8. The van der Waals surface area contributed by atoms with E-state index in [0.717, 1.165) is 0 Å². The average molecular weight is 1320 g/mol. The van der Waals surface area contributed by atoms with Gasteiger partial charge in [-0.05, 0) is 12.3 Å². The molecule has 16 bridgehead atoms. The quantitative estimate of drug-likeness (QED) is 0.102. The number of aliphatic hydroxyl groups is 23. The summed E-state index contributed by atoms with van der Waals surface area (Å²) in [6.45, 7) is -3.97. The van der Waals surface area contributed by atoms with Crippen molar-refractivity contribution in [2.45, 2.75) is 266 Å². The van der Waals surface area contributed by atoms with Crippen LogP contribution < -0.4 is 0 Å². The number of ether oxygens (including phenoxy) is 16. The molecular formula is C51H86O39. The summed E-state index contributed by atoms with van der Waals surface area (Å²) in [6, 6.07) is 0. The molecule has 30 fully saturated rings. The molecule has 0 amide bonds. The number of aliphatic hydroxyl groups excluding tert-OH is 23. The van der Waals surface area contributed by atoms with E-state index in [4.69, 9.17) is 75.8 Å². The van der Waals surface area contributed by atoms with Crippen LogP contribution in [0.25, 0.3) is 0 Å². The number of hydrogen-bond donors (Lipinski definition) is 23. The Balaban J connectivity index is 0.986. The van der Waals surface area contributed by atoms with E-state index in [0.29, 0.717) is 0 Å². The smallest absolute Gasteiger partial charge is 0.187 e. The summed E-state index contributed by atoms with van der Waals surface area (Å²) >= 11 is 0. The summed E-state index contributed by atoms with van der Waals surface area (Å²) in [7, 11) is 0. The molecule has 30 aliphatic rings. The van der Waals surface area contributed by atoms with Crippen LogP contribution >= 0.6 is 0 Å². The molecule has 39 heteroatoms. The van der Waals surface area contributed by atoms with Gasteiger partial charge in [-0.2, -0.15) is 0 Å². The third-order valence-corrected chi connectivity index (χ3v) is 17.4. The van der Waals surface area contributed by atoms with E-state index in [-0.39, 0.29) is 12.3 Å². The summed E-state index contributed by atoms with van der Waals surface area (Å²) in [4.78, 5) is 0. The van der Waals surface area contributed by atoms with Crippen molar-refractivity contribution in [3.8, 4) is 0 Å². The zero-order valence-corrected chi connectivity index (χ0v) is 48.1. The van der Waals surface area contributed by atoms with E-state index in [9.17, 15) is 117 Å². The normalized spacial score (nSPS) is 54.5. The van der Waals surface area contributed by atoms with Crippen molar-refractivity contribution in [3.05, 3.63) is 0 Å². The average Bonchev–Trinajstić information content (AvgIpc) is 0.833. The van der Waals surface area contributed by atoms with Crippen LogP contribution in [0.1, 0.15) is 20.3 Å². The van der Waals surface area contributed by atoms with Gasteiger partial charge in [-0.1, -0.05) is 13.8 Å². The highest BCUT2D eigenvalue weighted by Gasteiger charge is 2.60. The highest BCUT2D eigenvalue weighted by Crippen LogP contribution is 2.40. The summed E-state index contributed by atoms with van der Waals surface area (Å²) in [6.07, 6.45) is -80.0. The van der Waals surface area contributed by atoms with Crippen LogP contribution in [-0.4, -0.2) is 409 Å². The fraction of sp³-hybridized carbons (Fsp3) is 1.00. The van der Waals surface area contributed by atoms with E-state index in [1.807, 2.05) is 0 Å². The monoisotopic (exact) mass is 1320 g/mol. The van der Waals surface area contributed by atoms with Gasteiger partial charge in [0.15, 0.2) is 50.3 Å². The van der Waals surface area contributed by atoms with Crippen LogP contribution in [0, 0.1) is 5.92 Å². The van der Waals surface area contributed by atoms with Gasteiger partial charge < -0.3 is 193 Å². The first-order valence-electron chi connectivity index (χ1n) is 29.4. The molecule has 40 atom stereocenters. The molecule has 30 heterocycles. The molecule has 0 radical (unpaired) electrons. The van der Waals surface area contributed by atoms with Gasteiger partial charge in [0.2, 0.25) is 0 Å². The summed E-state index contributed by atoms with van der Waals surface area (Å²) < 4.78 is 92.5. The van der Waals surface area contributed by atoms with E-state index in [1.165, 1.54) is 0 Å². The van der Waals surface area contributed by atoms with Crippen LogP contribution in [0.4, 0.5) is 0 Å². The second-order valence-corrected chi connectivity index (χ2v) is 23.9. The van der Waals surface area contributed by atoms with Gasteiger partial charge in [-0.25, -0.2) is 0 Å². The molecule has 23 N–H and O–H groups in total. The summed E-state index contributed by atoms with van der Waals surface area (Å²) in [5.74, 6) is -0.304. The van der Waals surface area contributed by atoms with Crippen LogP contribution in [0.15, 0.2) is 0 Å². The zero-order valence-electron chi connectivity index (χ0n) is 48.1. The molecule has 524 valence electrons. The van der Waals surface area contributed by atoms with Crippen molar-refractivity contribution in [1.82, 2.24) is 0 Å². The summed E-state index contributed by atoms with van der Waals surface area (Å²) in [5.41, 5.74) is 0. The first-order chi connectivity index (χ1) is 42.7. The first kappa shape index (κ1) is 72.7. The maximum Gasteiger partial charge on any atom is 0.187 e. The maximum atomic E-state index is 11.7. The molecule has 0 spiro atoms. The lowest BCUT2D eigenvalue weighted by atomic mass is 9.92. The second-order valence-electron chi connectivity index (χ2n) is 23.9. The Hall–Kier alpha value is -1.56. The highest BCUT2D eigenvalue weighted by molar-refractivity contribution is 5.02. The molecule has 30 aliphatic heterocycles. The molecule has 0 saturated carbocycles. The molecule has 30 rings (SSSR count). The number of rotatable bonds is 9. The van der Waals surface area contributed by atoms with Crippen LogP contribution in [0.2, 0.25) is 0 Å². The Morgan fingerprint density at radius 1 is 0.189 bits per heavy atom. The predicted molar refractivity (Wildman–Crippen MR) is 273 cm³/mol. The van der Waals surface area contributed by atoms with Crippen LogP contribution in [0.5, 0.6) is 0 Å². The lowest BCUT2D eigenvalue weighted by molar-refractivity contribution is -0.403. The topological polar surface area (TPSA) is 613 Å². The number of hydrogen-bond acceptors (Lipinski definition) is 39. The Kier molecular flexibility index (Phi) is 25.0. The van der Waals surface area contributed by atoms with Crippen LogP contribution in [-0.2, 0) is 75.8 Å². The van der Waals surface area contributed by atoms with Crippen molar-refractivity contribution in [3.63, 3.8) is 0 Å². The minimum absolute atomic E-state index is 0.0245. The van der Waals surface area contributed by atoms with Gasteiger partial charge in [-0.3, -0.25) is 0 Å². The van der Waals surface area contributed by atoms with Gasteiger partial charge in [-0.15, -0.1) is 0 Å². The SMILES string of the molecule is CC(C)CC1OC2OC3C(CO)OC(OC4C(CO)OC(OC5C(CO)OC(OC6C(CO)OC(OC7C(CO)OC(OC8C(CO)OC(OC9C(CO)OC(OC1C(O)C2O)C(O)C9O)C(O)C8O)C(O)C7O)C(O)C6O)C(O)C5O)C(O)C4O)C(O)C3O. The Morgan fingerprint density at radius 3 is 0.433 bits per heavy atom. The molecule has 39 nitrogen and oxygen atoms in total. The van der Waals surface area contributed by atoms with Crippen molar-refractivity contribution in [2.24, 2.45) is 5.92 Å². The van der Waals surface area contributed by atoms with Gasteiger partial charge >= 0.3 is 0 Å². The third-order valence-electron chi connectivity index (χ3n) is 17.4. The van der Waals surface area contributed by atoms with Gasteiger partial charge in [0.1, 0.15) is 189 Å². The van der Waals surface area contributed by atoms with Crippen molar-refractivity contribution in [2.75, 3.05) is 46.2 Å². The first-order valence-corrected chi connectivity index (χ1v) is 29.4. The van der Waals surface area contributed by atoms with Crippen LogP contribution in [0.3, 0.4) is 0 Å². The Bertz CT molecular complexity index is 2180. The fourth-order valence-electron chi connectivity index (χ4n) is 12.4. The van der Waals surface area contributed by atoms with E-state index in [1.54, 1.807) is 13.8 Å². The van der Waals surface area contributed by atoms with Crippen molar-refractivity contribution in [1.29, 1.82) is 0 Å². The molecule has 0 aromatic heterocycles. The molecular weight excluding hydrogens is 1240 g/mol. The summed E-state index contributed by atoms with van der Waals surface area (Å²) in [5, 5.41) is 256. The van der Waals surface area contributed by atoms with E-state index < -0.39 is 292 Å². The van der Waals surface area contributed by atoms with Gasteiger partial charge in [0.25, 0.3) is 0 Å². The molecule has 0 aromatic carbocycles. The zero-order chi connectivity index (χ0) is 65.6. The standard InChI is InChI=1S/C51H86O39/c1-11(2)3-12-36-20(59)28(67)44(75-12)84-37-13(4-52)77-46(30(69)22(37)61)86-39-15(6-54)79-48(32(71)24(39)63)88-41-17(8-56)81-50(34(73)26(41)65)90-43-19(10-58)82-51(35(74)27(43)66)89-42-18(9-57)80-49(33(72)25(42)64)87-40-16(7-55)78-47(31(70)23(40)62)85-38-14(5-53)76-45(83-36)29(68)21(38)60/h11-74H,3-10H2,1-2H3. The molecule has 40 unspecified atom stereocenters. The van der Waals surface area contributed by atoms with Gasteiger partial charge in [0.05, 0.1) is 52.4 Å². The Labute approximate surface area is 510 Å². The van der Waals surface area contributed by atoms with E-state index >= 15 is 0 Å². The minimum Gasteiger partial charge on any atom is -0.394 e. The lowest BCUT2D eigenvalue weighted by Crippen LogP contribution is -2.69. The van der Waals surface area contributed by atoms with E-state index in [2.05, 4.69) is 0 Å². The molecule has 0 aromatic rings. The fourth-order valence-corrected chi connectivity index (χ4v) is 12.4. The predicted octanol–water partition coefficient (Wildman–Crippen LogP) is -15.4. The third kappa shape index (κ3) is 14.5.